The van der Waals surface area contributed by atoms with Gasteiger partial charge < -0.3 is 10.4 Å². The minimum Gasteiger partial charge on any atom is -0.478 e. The van der Waals surface area contributed by atoms with Crippen LogP contribution in [0, 0.1) is 13.8 Å². The topological polar surface area (TPSA) is 83.5 Å². The number of carbonyl (C=O) groups is 2. The summed E-state index contributed by atoms with van der Waals surface area (Å²) in [6, 6.07) is 12.0. The average Bonchev–Trinajstić information content (AvgIpc) is 2.57. The van der Waals surface area contributed by atoms with Crippen molar-refractivity contribution in [3.05, 3.63) is 64.7 Å². The van der Waals surface area contributed by atoms with E-state index in [2.05, 4.69) is 5.32 Å². The molecule has 0 aliphatic heterocycles. The Morgan fingerprint density at radius 1 is 1.12 bits per heavy atom. The van der Waals surface area contributed by atoms with Crippen LogP contribution in [0.4, 0.5) is 5.69 Å². The third kappa shape index (κ3) is 5.00. The largest absolute Gasteiger partial charge is 0.478 e. The Bertz CT molecular complexity index is 815. The number of benzene rings is 2. The van der Waals surface area contributed by atoms with Crippen LogP contribution in [-0.2, 0) is 21.3 Å². The molecule has 132 valence electrons. The Labute approximate surface area is 149 Å². The van der Waals surface area contributed by atoms with Gasteiger partial charge in [-0.05, 0) is 55.7 Å². The van der Waals surface area contributed by atoms with Crippen LogP contribution in [0.25, 0.3) is 0 Å². The fourth-order valence-corrected chi connectivity index (χ4v) is 3.33. The van der Waals surface area contributed by atoms with E-state index >= 15 is 0 Å². The maximum atomic E-state index is 12.4. The summed E-state index contributed by atoms with van der Waals surface area (Å²) in [7, 11) is -1.41. The van der Waals surface area contributed by atoms with Gasteiger partial charge in [-0.3, -0.25) is 9.00 Å². The summed E-state index contributed by atoms with van der Waals surface area (Å²) in [6.45, 7) is 5.47. The Morgan fingerprint density at radius 3 is 2.36 bits per heavy atom. The molecule has 1 amide bonds. The molecule has 2 N–H and O–H groups in total. The molecule has 0 aromatic heterocycles. The highest BCUT2D eigenvalue weighted by atomic mass is 32.2. The first-order valence-electron chi connectivity index (χ1n) is 7.85. The Kier molecular flexibility index (Phi) is 6.09. The van der Waals surface area contributed by atoms with Gasteiger partial charge in [-0.25, -0.2) is 4.79 Å². The second kappa shape index (κ2) is 8.07. The fraction of sp³-hybridized carbons (Fsp3) is 0.263. The molecule has 0 bridgehead atoms. The zero-order chi connectivity index (χ0) is 18.6. The maximum absolute atomic E-state index is 12.4. The molecule has 0 aliphatic carbocycles. The lowest BCUT2D eigenvalue weighted by molar-refractivity contribution is -0.115. The Balaban J connectivity index is 2.02. The number of nitrogens with one attached hydrogen (secondary N) is 1. The van der Waals surface area contributed by atoms with Gasteiger partial charge in [-0.1, -0.05) is 24.3 Å². The molecule has 2 aromatic carbocycles. The van der Waals surface area contributed by atoms with E-state index in [4.69, 9.17) is 5.11 Å². The molecule has 0 saturated heterocycles. The minimum absolute atomic E-state index is 0.176. The van der Waals surface area contributed by atoms with Crippen LogP contribution >= 0.6 is 0 Å². The first-order valence-corrected chi connectivity index (χ1v) is 9.23. The maximum Gasteiger partial charge on any atom is 0.335 e. The summed E-state index contributed by atoms with van der Waals surface area (Å²) in [4.78, 5) is 23.2. The quantitative estimate of drug-likeness (QED) is 0.829. The van der Waals surface area contributed by atoms with Gasteiger partial charge >= 0.3 is 5.97 Å². The van der Waals surface area contributed by atoms with E-state index in [1.54, 1.807) is 19.1 Å². The molecule has 2 aromatic rings. The summed E-state index contributed by atoms with van der Waals surface area (Å²) in [5.41, 5.74) is 3.61. The van der Waals surface area contributed by atoms with Gasteiger partial charge in [0.2, 0.25) is 5.91 Å². The predicted octanol–water partition coefficient (Wildman–Crippen LogP) is 3.28. The summed E-state index contributed by atoms with van der Waals surface area (Å²) in [5, 5.41) is 11.0. The number of aromatic carboxylic acids is 1. The molecule has 0 saturated carbocycles. The van der Waals surface area contributed by atoms with E-state index in [0.717, 1.165) is 22.4 Å². The van der Waals surface area contributed by atoms with Crippen molar-refractivity contribution in [2.24, 2.45) is 0 Å². The van der Waals surface area contributed by atoms with Crippen molar-refractivity contribution in [1.29, 1.82) is 0 Å². The van der Waals surface area contributed by atoms with Crippen LogP contribution in [0.5, 0.6) is 0 Å². The first-order chi connectivity index (χ1) is 11.8. The van der Waals surface area contributed by atoms with Gasteiger partial charge in [0.25, 0.3) is 0 Å². The lowest BCUT2D eigenvalue weighted by atomic mass is 10.1. The van der Waals surface area contributed by atoms with Crippen LogP contribution in [0.15, 0.2) is 42.5 Å². The van der Waals surface area contributed by atoms with Crippen molar-refractivity contribution >= 4 is 28.4 Å². The van der Waals surface area contributed by atoms with E-state index in [-0.39, 0.29) is 17.2 Å². The standard InChI is InChI=1S/C19H21NO4S/c1-12-4-5-13(2)17(10-12)20-18(21)14(3)25(24)11-15-6-8-16(9-7-15)19(22)23/h4-10,14H,11H2,1-3H3,(H,20,21)(H,22,23). The van der Waals surface area contributed by atoms with Crippen molar-refractivity contribution in [2.75, 3.05) is 5.32 Å². The molecule has 5 nitrogen and oxygen atoms in total. The smallest absolute Gasteiger partial charge is 0.335 e. The summed E-state index contributed by atoms with van der Waals surface area (Å²) in [6.07, 6.45) is 0. The van der Waals surface area contributed by atoms with Crippen molar-refractivity contribution in [2.45, 2.75) is 31.8 Å². The van der Waals surface area contributed by atoms with Crippen molar-refractivity contribution in [3.63, 3.8) is 0 Å². The van der Waals surface area contributed by atoms with Crippen molar-refractivity contribution < 1.29 is 18.9 Å². The van der Waals surface area contributed by atoms with Gasteiger partial charge in [0.1, 0.15) is 5.25 Å². The van der Waals surface area contributed by atoms with E-state index in [1.165, 1.54) is 12.1 Å². The summed E-state index contributed by atoms with van der Waals surface area (Å²) >= 11 is 0. The lowest BCUT2D eigenvalue weighted by Gasteiger charge is -2.14. The zero-order valence-corrected chi connectivity index (χ0v) is 15.2. The molecule has 6 heteroatoms. The van der Waals surface area contributed by atoms with Crippen molar-refractivity contribution in [3.8, 4) is 0 Å². The second-order valence-corrected chi connectivity index (χ2v) is 7.73. The van der Waals surface area contributed by atoms with Gasteiger partial charge in [0.05, 0.1) is 5.56 Å². The Hall–Kier alpha value is -2.47. The lowest BCUT2D eigenvalue weighted by Crippen LogP contribution is -2.30. The SMILES string of the molecule is Cc1ccc(C)c(NC(=O)C(C)S(=O)Cc2ccc(C(=O)O)cc2)c1. The molecule has 25 heavy (non-hydrogen) atoms. The van der Waals surface area contributed by atoms with Crippen molar-refractivity contribution in [1.82, 2.24) is 0 Å². The van der Waals surface area contributed by atoms with Gasteiger partial charge in [-0.15, -0.1) is 0 Å². The third-order valence-corrected chi connectivity index (χ3v) is 5.54. The van der Waals surface area contributed by atoms with Gasteiger partial charge in [0, 0.05) is 22.2 Å². The summed E-state index contributed by atoms with van der Waals surface area (Å²) in [5.74, 6) is -1.11. The van der Waals surface area contributed by atoms with Crippen LogP contribution < -0.4 is 5.32 Å². The zero-order valence-electron chi connectivity index (χ0n) is 14.4. The number of hydrogen-bond acceptors (Lipinski definition) is 3. The number of rotatable bonds is 6. The molecule has 0 fully saturated rings. The number of amides is 1. The number of carbonyl (C=O) groups excluding carboxylic acids is 1. The average molecular weight is 359 g/mol. The van der Waals surface area contributed by atoms with Crippen LogP contribution in [-0.4, -0.2) is 26.4 Å². The van der Waals surface area contributed by atoms with E-state index in [9.17, 15) is 13.8 Å². The molecular formula is C19H21NO4S. The molecule has 2 atom stereocenters. The highest BCUT2D eigenvalue weighted by Gasteiger charge is 2.21. The fourth-order valence-electron chi connectivity index (χ4n) is 2.26. The number of carboxylic acids is 1. The number of carboxylic acid groups (broad SMARTS) is 1. The van der Waals surface area contributed by atoms with Crippen LogP contribution in [0.3, 0.4) is 0 Å². The monoisotopic (exact) mass is 359 g/mol. The molecule has 0 radical (unpaired) electrons. The first kappa shape index (κ1) is 18.9. The molecule has 0 spiro atoms. The number of anilines is 1. The van der Waals surface area contributed by atoms with Crippen LogP contribution in [0.1, 0.15) is 34.0 Å². The van der Waals surface area contributed by atoms with E-state index < -0.39 is 22.0 Å². The van der Waals surface area contributed by atoms with E-state index in [0.29, 0.717) is 0 Å². The molecule has 2 rings (SSSR count). The number of aryl methyl sites for hydroxylation is 2. The minimum atomic E-state index is -1.41. The second-order valence-electron chi connectivity index (χ2n) is 5.98. The predicted molar refractivity (Wildman–Crippen MR) is 99.3 cm³/mol. The molecule has 0 aliphatic rings. The normalized spacial score (nSPS) is 13.1. The van der Waals surface area contributed by atoms with Gasteiger partial charge in [-0.2, -0.15) is 0 Å². The van der Waals surface area contributed by atoms with Gasteiger partial charge in [0.15, 0.2) is 0 Å². The third-order valence-electron chi connectivity index (χ3n) is 3.92. The highest BCUT2D eigenvalue weighted by Crippen LogP contribution is 2.18. The van der Waals surface area contributed by atoms with E-state index in [1.807, 2.05) is 32.0 Å². The van der Waals surface area contributed by atoms with Crippen LogP contribution in [0.2, 0.25) is 0 Å². The Morgan fingerprint density at radius 2 is 1.76 bits per heavy atom. The molecular weight excluding hydrogens is 338 g/mol. The summed E-state index contributed by atoms with van der Waals surface area (Å²) < 4.78 is 12.4. The molecule has 2 unspecified atom stereocenters. The molecule has 0 heterocycles. The highest BCUT2D eigenvalue weighted by molar-refractivity contribution is 7.85. The number of hydrogen-bond donors (Lipinski definition) is 2.